The molecule has 3 aromatic heterocycles. The molecule has 8 nitrogen and oxygen atoms in total. The molecule has 4 rings (SSSR count). The average molecular weight is 465 g/mol. The molecule has 1 aliphatic rings. The van der Waals surface area contributed by atoms with Crippen molar-refractivity contribution in [2.75, 3.05) is 18.4 Å². The molecule has 3 aromatic rings. The number of nitrogens with zero attached hydrogens (tertiary/aromatic N) is 6. The van der Waals surface area contributed by atoms with Gasteiger partial charge in [0, 0.05) is 43.9 Å². The summed E-state index contributed by atoms with van der Waals surface area (Å²) in [5, 5.41) is 11.2. The van der Waals surface area contributed by atoms with Crippen molar-refractivity contribution in [2.24, 2.45) is 0 Å². The number of aromatic nitrogens is 5. The van der Waals surface area contributed by atoms with Crippen molar-refractivity contribution in [2.45, 2.75) is 45.1 Å². The highest BCUT2D eigenvalue weighted by Gasteiger charge is 2.25. The highest BCUT2D eigenvalue weighted by Crippen LogP contribution is 2.27. The van der Waals surface area contributed by atoms with Crippen molar-refractivity contribution in [3.8, 4) is 0 Å². The molecule has 0 atom stereocenters. The van der Waals surface area contributed by atoms with Crippen molar-refractivity contribution < 1.29 is 22.4 Å². The molecular formula is C21H23F4N7O. The van der Waals surface area contributed by atoms with Gasteiger partial charge < -0.3 is 10.2 Å². The maximum atomic E-state index is 13.0. The Hall–Kier alpha value is -3.44. The van der Waals surface area contributed by atoms with Gasteiger partial charge in [-0.2, -0.15) is 10.1 Å². The maximum Gasteiger partial charge on any atom is 0.257 e. The van der Waals surface area contributed by atoms with Gasteiger partial charge in [0.05, 0.1) is 11.9 Å². The second kappa shape index (κ2) is 9.20. The molecular weight excluding hydrogens is 442 g/mol. The van der Waals surface area contributed by atoms with Crippen molar-refractivity contribution in [1.29, 1.82) is 0 Å². The molecule has 176 valence electrons. The van der Waals surface area contributed by atoms with E-state index in [1.165, 1.54) is 12.4 Å². The Labute approximate surface area is 186 Å². The number of pyridine rings is 1. The van der Waals surface area contributed by atoms with Gasteiger partial charge in [0.1, 0.15) is 6.54 Å². The fraction of sp³-hybridized carbons (Fsp3) is 0.429. The Balaban J connectivity index is 1.47. The lowest BCUT2D eigenvalue weighted by Crippen LogP contribution is -2.35. The van der Waals surface area contributed by atoms with Gasteiger partial charge in [0.25, 0.3) is 6.43 Å². The number of hydrogen-bond donors (Lipinski definition) is 1. The largest absolute Gasteiger partial charge is 0.339 e. The van der Waals surface area contributed by atoms with Gasteiger partial charge in [-0.15, -0.1) is 5.10 Å². The topological polar surface area (TPSA) is 80.4 Å². The van der Waals surface area contributed by atoms with Crippen molar-refractivity contribution in [3.63, 3.8) is 0 Å². The van der Waals surface area contributed by atoms with Gasteiger partial charge >= 0.3 is 0 Å². The summed E-state index contributed by atoms with van der Waals surface area (Å²) in [6.07, 6.45) is 3.91. The Morgan fingerprint density at radius 2 is 2.15 bits per heavy atom. The zero-order valence-electron chi connectivity index (χ0n) is 17.9. The predicted octanol–water partition coefficient (Wildman–Crippen LogP) is 3.99. The Kier molecular flexibility index (Phi) is 6.34. The van der Waals surface area contributed by atoms with Crippen LogP contribution in [-0.4, -0.2) is 60.6 Å². The van der Waals surface area contributed by atoms with E-state index in [4.69, 9.17) is 0 Å². The highest BCUT2D eigenvalue weighted by molar-refractivity contribution is 5.81. The summed E-state index contributed by atoms with van der Waals surface area (Å²) < 4.78 is 53.8. The molecule has 0 unspecified atom stereocenters. The molecule has 12 heteroatoms. The number of fused-ring (bicyclic) bond motifs is 1. The van der Waals surface area contributed by atoms with E-state index in [-0.39, 0.29) is 18.3 Å². The van der Waals surface area contributed by atoms with Crippen molar-refractivity contribution in [1.82, 2.24) is 29.3 Å². The SMILES string of the molecule is CC(F)(F)CCC(=O)N1CC=C(c2cccn3nc(Nc4cnn(CC(F)F)c4)nc23)CC1. The first-order chi connectivity index (χ1) is 15.7. The van der Waals surface area contributed by atoms with E-state index in [0.717, 1.165) is 22.7 Å². The molecule has 33 heavy (non-hydrogen) atoms. The second-order valence-corrected chi connectivity index (χ2v) is 7.98. The Morgan fingerprint density at radius 1 is 1.33 bits per heavy atom. The van der Waals surface area contributed by atoms with Crippen molar-refractivity contribution in [3.05, 3.63) is 42.4 Å². The van der Waals surface area contributed by atoms with Crippen LogP contribution in [-0.2, 0) is 11.3 Å². The van der Waals surface area contributed by atoms with E-state index < -0.39 is 25.3 Å². The smallest absolute Gasteiger partial charge is 0.257 e. The van der Waals surface area contributed by atoms with Crippen LogP contribution in [0.3, 0.4) is 0 Å². The number of alkyl halides is 4. The van der Waals surface area contributed by atoms with Crippen LogP contribution in [0.5, 0.6) is 0 Å². The van der Waals surface area contributed by atoms with Crippen LogP contribution in [0.15, 0.2) is 36.8 Å². The van der Waals surface area contributed by atoms with Gasteiger partial charge in [-0.1, -0.05) is 6.08 Å². The molecule has 0 bridgehead atoms. The van der Waals surface area contributed by atoms with Crippen molar-refractivity contribution >= 4 is 28.8 Å². The summed E-state index contributed by atoms with van der Waals surface area (Å²) in [5.41, 5.74) is 2.90. The molecule has 1 N–H and O–H groups in total. The zero-order valence-corrected chi connectivity index (χ0v) is 17.9. The minimum Gasteiger partial charge on any atom is -0.339 e. The van der Waals surface area contributed by atoms with Gasteiger partial charge in [-0.25, -0.2) is 22.1 Å². The summed E-state index contributed by atoms with van der Waals surface area (Å²) in [4.78, 5) is 18.3. The molecule has 0 spiro atoms. The molecule has 0 aliphatic carbocycles. The molecule has 0 saturated carbocycles. The summed E-state index contributed by atoms with van der Waals surface area (Å²) in [7, 11) is 0. The fourth-order valence-electron chi connectivity index (χ4n) is 3.63. The maximum absolute atomic E-state index is 13.0. The average Bonchev–Trinajstić information content (AvgIpc) is 3.37. The van der Waals surface area contributed by atoms with Gasteiger partial charge in [0.2, 0.25) is 17.8 Å². The number of carbonyl (C=O) groups excluding carboxylic acids is 1. The van der Waals surface area contributed by atoms with Crippen LogP contribution in [0.1, 0.15) is 31.7 Å². The van der Waals surface area contributed by atoms with E-state index in [0.29, 0.717) is 30.8 Å². The van der Waals surface area contributed by atoms with E-state index >= 15 is 0 Å². The van der Waals surface area contributed by atoms with Crippen LogP contribution >= 0.6 is 0 Å². The highest BCUT2D eigenvalue weighted by atomic mass is 19.3. The number of halogens is 4. The molecule has 0 aromatic carbocycles. The molecule has 4 heterocycles. The monoisotopic (exact) mass is 465 g/mol. The lowest BCUT2D eigenvalue weighted by molar-refractivity contribution is -0.132. The quantitative estimate of drug-likeness (QED) is 0.509. The van der Waals surface area contributed by atoms with Gasteiger partial charge in [-0.05, 0) is 31.1 Å². The molecule has 1 aliphatic heterocycles. The van der Waals surface area contributed by atoms with E-state index in [9.17, 15) is 22.4 Å². The third-order valence-electron chi connectivity index (χ3n) is 5.26. The number of anilines is 2. The molecule has 1 amide bonds. The van der Waals surface area contributed by atoms with E-state index in [1.54, 1.807) is 15.6 Å². The van der Waals surface area contributed by atoms with Crippen LogP contribution in [0.4, 0.5) is 29.2 Å². The standard InChI is InChI=1S/C21H23F4N7O/c1-21(24,25)7-4-18(33)30-9-5-14(6-10-30)16-3-2-8-32-19(16)28-20(29-32)27-15-11-26-31(12-15)13-17(22)23/h2-3,5,8,11-12,17H,4,6-7,9-10,13H2,1H3,(H,27,29). The number of carbonyl (C=O) groups is 1. The lowest BCUT2D eigenvalue weighted by Gasteiger charge is -2.27. The number of hydrogen-bond acceptors (Lipinski definition) is 5. The van der Waals surface area contributed by atoms with Crippen LogP contribution in [0.2, 0.25) is 0 Å². The summed E-state index contributed by atoms with van der Waals surface area (Å²) in [5.74, 6) is -2.86. The van der Waals surface area contributed by atoms with Crippen LogP contribution < -0.4 is 5.32 Å². The Bertz CT molecular complexity index is 1170. The Morgan fingerprint density at radius 3 is 2.85 bits per heavy atom. The third kappa shape index (κ3) is 5.68. The second-order valence-electron chi connectivity index (χ2n) is 7.98. The first-order valence-electron chi connectivity index (χ1n) is 10.5. The van der Waals surface area contributed by atoms with Gasteiger partial charge in [-0.3, -0.25) is 9.48 Å². The summed E-state index contributed by atoms with van der Waals surface area (Å²) in [6, 6.07) is 3.72. The normalized spacial score (nSPS) is 14.7. The van der Waals surface area contributed by atoms with E-state index in [1.807, 2.05) is 18.2 Å². The summed E-state index contributed by atoms with van der Waals surface area (Å²) in [6.45, 7) is 1.09. The third-order valence-corrected chi connectivity index (χ3v) is 5.26. The minimum atomic E-state index is -2.86. The van der Waals surface area contributed by atoms with E-state index in [2.05, 4.69) is 20.5 Å². The zero-order chi connectivity index (χ0) is 23.6. The first kappa shape index (κ1) is 22.7. The number of rotatable bonds is 8. The molecule has 0 saturated heterocycles. The molecule has 0 radical (unpaired) electrons. The predicted molar refractivity (Wildman–Crippen MR) is 114 cm³/mol. The van der Waals surface area contributed by atoms with Gasteiger partial charge in [0.15, 0.2) is 5.65 Å². The minimum absolute atomic E-state index is 0.185. The van der Waals surface area contributed by atoms with Crippen LogP contribution in [0.25, 0.3) is 11.2 Å². The first-order valence-corrected chi connectivity index (χ1v) is 10.5. The number of amides is 1. The lowest BCUT2D eigenvalue weighted by atomic mass is 10.00. The number of nitrogens with one attached hydrogen (secondary N) is 1. The van der Waals surface area contributed by atoms with Crippen LogP contribution in [0, 0.1) is 0 Å². The summed E-state index contributed by atoms with van der Waals surface area (Å²) >= 11 is 0. The molecule has 0 fully saturated rings. The fourth-order valence-corrected chi connectivity index (χ4v) is 3.63.